The molecule has 0 aliphatic heterocycles. The summed E-state index contributed by atoms with van der Waals surface area (Å²) in [6.45, 7) is 0. The fourth-order valence-corrected chi connectivity index (χ4v) is 5.58. The topological polar surface area (TPSA) is 17.1 Å². The first-order chi connectivity index (χ1) is 10.1. The number of carbonyl (C=O) groups is 1. The number of Topliss-reactive ketones (excluding diaryl/α,β-unsaturated/α-hetero) is 1. The van der Waals surface area contributed by atoms with Crippen molar-refractivity contribution in [3.8, 4) is 0 Å². The summed E-state index contributed by atoms with van der Waals surface area (Å²) < 4.78 is 13.9. The van der Waals surface area contributed by atoms with Gasteiger partial charge in [0.2, 0.25) is 0 Å². The van der Waals surface area contributed by atoms with E-state index in [9.17, 15) is 9.18 Å². The molecule has 4 saturated carbocycles. The van der Waals surface area contributed by atoms with E-state index in [1.54, 1.807) is 12.1 Å². The number of hydrogen-bond donors (Lipinski definition) is 0. The molecule has 4 aliphatic rings. The molecule has 1 aromatic carbocycles. The number of ketones is 1. The Morgan fingerprint density at radius 3 is 2.29 bits per heavy atom. The quantitative estimate of drug-likeness (QED) is 0.793. The minimum Gasteiger partial charge on any atom is -0.299 e. The second-order valence-corrected chi connectivity index (χ2v) is 7.77. The van der Waals surface area contributed by atoms with E-state index in [4.69, 9.17) is 11.6 Å². The maximum atomic E-state index is 13.9. The molecular formula is C18H20ClFO. The lowest BCUT2D eigenvalue weighted by molar-refractivity contribution is -0.135. The molecule has 0 amide bonds. The Bertz CT molecular complexity index is 555. The van der Waals surface area contributed by atoms with E-state index < -0.39 is 0 Å². The first kappa shape index (κ1) is 13.8. The number of rotatable bonds is 3. The lowest BCUT2D eigenvalue weighted by Crippen LogP contribution is -2.48. The van der Waals surface area contributed by atoms with Gasteiger partial charge in [-0.05, 0) is 73.5 Å². The van der Waals surface area contributed by atoms with Crippen LogP contribution in [-0.2, 0) is 11.2 Å². The predicted molar refractivity (Wildman–Crippen MR) is 80.7 cm³/mol. The SMILES string of the molecule is O=C(Cc1ccc(Cl)cc1F)C1C2CC3CC(C2)CC1C3. The Labute approximate surface area is 129 Å². The van der Waals surface area contributed by atoms with E-state index in [1.807, 2.05) is 0 Å². The molecule has 0 unspecified atom stereocenters. The van der Waals surface area contributed by atoms with Gasteiger partial charge in [0.05, 0.1) is 0 Å². The monoisotopic (exact) mass is 306 g/mol. The molecule has 0 heterocycles. The van der Waals surface area contributed by atoms with Gasteiger partial charge in [-0.3, -0.25) is 4.79 Å². The highest BCUT2D eigenvalue weighted by Crippen LogP contribution is 2.56. The Morgan fingerprint density at radius 1 is 1.10 bits per heavy atom. The van der Waals surface area contributed by atoms with Crippen molar-refractivity contribution in [1.82, 2.24) is 0 Å². The highest BCUT2D eigenvalue weighted by atomic mass is 35.5. The van der Waals surface area contributed by atoms with Crippen molar-refractivity contribution in [2.45, 2.75) is 38.5 Å². The lowest BCUT2D eigenvalue weighted by Gasteiger charge is -2.53. The molecule has 4 aliphatic carbocycles. The Morgan fingerprint density at radius 2 is 1.71 bits per heavy atom. The molecule has 0 N–H and O–H groups in total. The molecular weight excluding hydrogens is 287 g/mol. The van der Waals surface area contributed by atoms with Crippen LogP contribution in [0.5, 0.6) is 0 Å². The van der Waals surface area contributed by atoms with Gasteiger partial charge in [-0.1, -0.05) is 17.7 Å². The molecule has 0 atom stereocenters. The highest BCUT2D eigenvalue weighted by Gasteiger charge is 2.50. The van der Waals surface area contributed by atoms with Crippen molar-refractivity contribution in [3.63, 3.8) is 0 Å². The van der Waals surface area contributed by atoms with Gasteiger partial charge in [0.1, 0.15) is 11.6 Å². The van der Waals surface area contributed by atoms with Gasteiger partial charge in [-0.25, -0.2) is 4.39 Å². The maximum absolute atomic E-state index is 13.9. The van der Waals surface area contributed by atoms with Gasteiger partial charge in [-0.2, -0.15) is 0 Å². The van der Waals surface area contributed by atoms with Crippen LogP contribution in [0.2, 0.25) is 5.02 Å². The number of halogens is 2. The van der Waals surface area contributed by atoms with E-state index in [-0.39, 0.29) is 23.9 Å². The summed E-state index contributed by atoms with van der Waals surface area (Å²) in [5.41, 5.74) is 0.498. The van der Waals surface area contributed by atoms with Gasteiger partial charge in [-0.15, -0.1) is 0 Å². The van der Waals surface area contributed by atoms with Crippen molar-refractivity contribution >= 4 is 17.4 Å². The van der Waals surface area contributed by atoms with Gasteiger partial charge in [0.15, 0.2) is 0 Å². The summed E-state index contributed by atoms with van der Waals surface area (Å²) in [4.78, 5) is 12.7. The number of benzene rings is 1. The third-order valence-corrected chi connectivity index (χ3v) is 6.21. The first-order valence-corrected chi connectivity index (χ1v) is 8.44. The van der Waals surface area contributed by atoms with Gasteiger partial charge in [0, 0.05) is 17.4 Å². The van der Waals surface area contributed by atoms with E-state index in [0.29, 0.717) is 22.4 Å². The molecule has 0 saturated heterocycles. The van der Waals surface area contributed by atoms with Crippen molar-refractivity contribution < 1.29 is 9.18 Å². The summed E-state index contributed by atoms with van der Waals surface area (Å²) in [6, 6.07) is 4.64. The summed E-state index contributed by atoms with van der Waals surface area (Å²) in [5, 5.41) is 0.387. The minimum absolute atomic E-state index is 0.188. The fourth-order valence-electron chi connectivity index (χ4n) is 5.42. The average molecular weight is 307 g/mol. The predicted octanol–water partition coefficient (Wildman–Crippen LogP) is 4.66. The molecule has 4 bridgehead atoms. The van der Waals surface area contributed by atoms with Crippen LogP contribution in [0.3, 0.4) is 0 Å². The van der Waals surface area contributed by atoms with Crippen LogP contribution < -0.4 is 0 Å². The van der Waals surface area contributed by atoms with Gasteiger partial charge < -0.3 is 0 Å². The lowest BCUT2D eigenvalue weighted by atomic mass is 9.51. The minimum atomic E-state index is -0.348. The molecule has 3 heteroatoms. The Kier molecular flexibility index (Phi) is 3.33. The van der Waals surface area contributed by atoms with E-state index in [2.05, 4.69) is 0 Å². The molecule has 0 spiro atoms. The Hall–Kier alpha value is -0.890. The second kappa shape index (κ2) is 5.08. The molecule has 21 heavy (non-hydrogen) atoms. The zero-order valence-corrected chi connectivity index (χ0v) is 12.8. The highest BCUT2D eigenvalue weighted by molar-refractivity contribution is 6.30. The summed E-state index contributed by atoms with van der Waals surface area (Å²) in [7, 11) is 0. The molecule has 4 fully saturated rings. The van der Waals surface area contributed by atoms with Crippen molar-refractivity contribution in [2.75, 3.05) is 0 Å². The largest absolute Gasteiger partial charge is 0.299 e. The van der Waals surface area contributed by atoms with Crippen LogP contribution in [0.1, 0.15) is 37.7 Å². The zero-order valence-electron chi connectivity index (χ0n) is 12.0. The first-order valence-electron chi connectivity index (χ1n) is 8.07. The molecule has 0 aromatic heterocycles. The standard InChI is InChI=1S/C18H20ClFO/c19-15-2-1-12(16(20)9-15)8-17(21)18-13-4-10-3-11(6-13)7-14(18)5-10/h1-2,9-11,13-14,18H,3-8H2. The van der Waals surface area contributed by atoms with Crippen molar-refractivity contribution in [3.05, 3.63) is 34.6 Å². The van der Waals surface area contributed by atoms with Crippen LogP contribution in [0.15, 0.2) is 18.2 Å². The van der Waals surface area contributed by atoms with E-state index >= 15 is 0 Å². The van der Waals surface area contributed by atoms with Crippen LogP contribution in [0.25, 0.3) is 0 Å². The summed E-state index contributed by atoms with van der Waals surface area (Å²) in [6.07, 6.45) is 6.54. The van der Waals surface area contributed by atoms with E-state index in [0.717, 1.165) is 11.8 Å². The Balaban J connectivity index is 1.52. The molecule has 0 radical (unpaired) electrons. The van der Waals surface area contributed by atoms with Crippen LogP contribution in [0, 0.1) is 35.4 Å². The van der Waals surface area contributed by atoms with Crippen molar-refractivity contribution in [1.29, 1.82) is 0 Å². The normalized spacial score (nSPS) is 37.0. The number of carbonyl (C=O) groups excluding carboxylic acids is 1. The fraction of sp³-hybridized carbons (Fsp3) is 0.611. The van der Waals surface area contributed by atoms with Crippen LogP contribution in [-0.4, -0.2) is 5.78 Å². The second-order valence-electron chi connectivity index (χ2n) is 7.34. The maximum Gasteiger partial charge on any atom is 0.140 e. The smallest absolute Gasteiger partial charge is 0.140 e. The molecule has 1 nitrogen and oxygen atoms in total. The van der Waals surface area contributed by atoms with Gasteiger partial charge >= 0.3 is 0 Å². The average Bonchev–Trinajstić information content (AvgIpc) is 2.40. The third kappa shape index (κ3) is 2.42. The van der Waals surface area contributed by atoms with E-state index in [1.165, 1.54) is 38.2 Å². The van der Waals surface area contributed by atoms with Crippen LogP contribution in [0.4, 0.5) is 4.39 Å². The summed E-state index contributed by atoms with van der Waals surface area (Å²) in [5.74, 6) is 2.97. The van der Waals surface area contributed by atoms with Gasteiger partial charge in [0.25, 0.3) is 0 Å². The van der Waals surface area contributed by atoms with Crippen molar-refractivity contribution in [2.24, 2.45) is 29.6 Å². The molecule has 112 valence electrons. The third-order valence-electron chi connectivity index (χ3n) is 5.98. The number of hydrogen-bond acceptors (Lipinski definition) is 1. The molecule has 1 aromatic rings. The zero-order chi connectivity index (χ0) is 14.6. The molecule has 5 rings (SSSR count). The summed E-state index contributed by atoms with van der Waals surface area (Å²) >= 11 is 5.78. The van der Waals surface area contributed by atoms with Crippen LogP contribution >= 0.6 is 11.6 Å².